The predicted molar refractivity (Wildman–Crippen MR) is 116 cm³/mol. The molecule has 0 bridgehead atoms. The Morgan fingerprint density at radius 1 is 1.17 bits per heavy atom. The number of hydrogen-bond acceptors (Lipinski definition) is 4. The zero-order valence-electron chi connectivity index (χ0n) is 16.4. The summed E-state index contributed by atoms with van der Waals surface area (Å²) in [5.41, 5.74) is 1.73. The molecule has 1 saturated heterocycles. The number of anilines is 2. The van der Waals surface area contributed by atoms with Crippen LogP contribution in [0, 0.1) is 5.92 Å². The summed E-state index contributed by atoms with van der Waals surface area (Å²) in [4.78, 5) is 19.4. The lowest BCUT2D eigenvalue weighted by Crippen LogP contribution is -2.37. The van der Waals surface area contributed by atoms with Crippen LogP contribution < -0.4 is 15.5 Å². The number of urea groups is 1. The lowest BCUT2D eigenvalue weighted by molar-refractivity contribution is 0.122. The summed E-state index contributed by atoms with van der Waals surface area (Å²) in [6.07, 6.45) is 6.35. The van der Waals surface area contributed by atoms with Crippen molar-refractivity contribution in [3.63, 3.8) is 0 Å². The van der Waals surface area contributed by atoms with Crippen LogP contribution in [-0.4, -0.2) is 37.3 Å². The molecule has 2 amide bonds. The maximum absolute atomic E-state index is 12.7. The van der Waals surface area contributed by atoms with E-state index in [1.807, 2.05) is 36.4 Å². The third-order valence-corrected chi connectivity index (χ3v) is 5.94. The summed E-state index contributed by atoms with van der Waals surface area (Å²) in [6, 6.07) is 11.3. The van der Waals surface area contributed by atoms with Crippen molar-refractivity contribution in [3.05, 3.63) is 53.2 Å². The number of amides is 2. The molecule has 1 aliphatic heterocycles. The van der Waals surface area contributed by atoms with Crippen molar-refractivity contribution in [3.8, 4) is 0 Å². The van der Waals surface area contributed by atoms with Gasteiger partial charge in [0.25, 0.3) is 0 Å². The molecule has 1 saturated carbocycles. The minimum absolute atomic E-state index is 0.0446. The summed E-state index contributed by atoms with van der Waals surface area (Å²) in [6.45, 7) is 3.11. The smallest absolute Gasteiger partial charge is 0.319 e. The van der Waals surface area contributed by atoms with Crippen molar-refractivity contribution in [1.82, 2.24) is 10.3 Å². The van der Waals surface area contributed by atoms with Gasteiger partial charge in [0.1, 0.15) is 5.82 Å². The average molecular weight is 415 g/mol. The van der Waals surface area contributed by atoms with E-state index in [1.54, 1.807) is 6.20 Å². The van der Waals surface area contributed by atoms with Gasteiger partial charge in [-0.3, -0.25) is 0 Å². The number of nitrogens with zero attached hydrogens (tertiary/aromatic N) is 2. The van der Waals surface area contributed by atoms with Gasteiger partial charge in [-0.1, -0.05) is 36.6 Å². The van der Waals surface area contributed by atoms with Gasteiger partial charge < -0.3 is 20.3 Å². The average Bonchev–Trinajstić information content (AvgIpc) is 3.28. The normalized spacial score (nSPS) is 18.4. The van der Waals surface area contributed by atoms with Gasteiger partial charge in [0.05, 0.1) is 31.1 Å². The number of nitrogens with one attached hydrogen (secondary N) is 2. The molecule has 4 rings (SSSR count). The molecule has 1 aliphatic carbocycles. The Bertz CT molecular complexity index is 818. The quantitative estimate of drug-likeness (QED) is 0.748. The van der Waals surface area contributed by atoms with Gasteiger partial charge in [0.15, 0.2) is 0 Å². The van der Waals surface area contributed by atoms with Crippen LogP contribution in [-0.2, 0) is 4.74 Å². The molecule has 1 unspecified atom stereocenters. The van der Waals surface area contributed by atoms with Crippen molar-refractivity contribution >= 4 is 29.1 Å². The van der Waals surface area contributed by atoms with Gasteiger partial charge in [-0.15, -0.1) is 0 Å². The molecule has 1 aromatic heterocycles. The first kappa shape index (κ1) is 20.0. The maximum atomic E-state index is 12.7. The molecule has 2 aromatic rings. The number of aromatic nitrogens is 1. The maximum Gasteiger partial charge on any atom is 0.319 e. The molecule has 2 heterocycles. The Morgan fingerprint density at radius 2 is 1.97 bits per heavy atom. The SMILES string of the molecule is O=C(Nc1ccc(N2CCOCC2)nc1)NC(c1cccc(Cl)c1)C1CCCC1. The minimum Gasteiger partial charge on any atom is -0.378 e. The second-order valence-corrected chi connectivity index (χ2v) is 8.12. The van der Waals surface area contributed by atoms with E-state index in [9.17, 15) is 4.79 Å². The van der Waals surface area contributed by atoms with E-state index in [0.29, 0.717) is 16.6 Å². The number of carbonyl (C=O) groups is 1. The molecule has 2 aliphatic rings. The zero-order valence-corrected chi connectivity index (χ0v) is 17.2. The highest BCUT2D eigenvalue weighted by molar-refractivity contribution is 6.30. The number of ether oxygens (including phenoxy) is 1. The van der Waals surface area contributed by atoms with Crippen molar-refractivity contribution in [2.45, 2.75) is 31.7 Å². The summed E-state index contributed by atoms with van der Waals surface area (Å²) >= 11 is 6.19. The number of rotatable bonds is 5. The number of benzene rings is 1. The Kier molecular flexibility index (Phi) is 6.52. The molecule has 2 N–H and O–H groups in total. The fourth-order valence-electron chi connectivity index (χ4n) is 4.21. The molecule has 1 atom stereocenters. The van der Waals surface area contributed by atoms with Crippen LogP contribution in [0.25, 0.3) is 0 Å². The fourth-order valence-corrected chi connectivity index (χ4v) is 4.41. The Hall–Kier alpha value is -2.31. The molecule has 29 heavy (non-hydrogen) atoms. The van der Waals surface area contributed by atoms with E-state index in [1.165, 1.54) is 12.8 Å². The summed E-state index contributed by atoms with van der Waals surface area (Å²) < 4.78 is 5.38. The number of pyridine rings is 1. The van der Waals surface area contributed by atoms with E-state index in [2.05, 4.69) is 20.5 Å². The molecule has 154 valence electrons. The van der Waals surface area contributed by atoms with Gasteiger partial charge in [-0.2, -0.15) is 0 Å². The third kappa shape index (κ3) is 5.19. The van der Waals surface area contributed by atoms with Gasteiger partial charge in [0.2, 0.25) is 0 Å². The summed E-state index contributed by atoms with van der Waals surface area (Å²) in [5.74, 6) is 1.34. The standard InChI is InChI=1S/C22H27ClN4O2/c23-18-7-3-6-17(14-18)21(16-4-1-2-5-16)26-22(28)25-19-8-9-20(24-15-19)27-10-12-29-13-11-27/h3,6-9,14-16,21H,1-2,4-5,10-13H2,(H2,25,26,28). The molecule has 0 radical (unpaired) electrons. The van der Waals surface area contributed by atoms with Gasteiger partial charge in [-0.25, -0.2) is 9.78 Å². The second-order valence-electron chi connectivity index (χ2n) is 7.68. The topological polar surface area (TPSA) is 66.5 Å². The first-order chi connectivity index (χ1) is 14.2. The molecular weight excluding hydrogens is 388 g/mol. The number of morpholine rings is 1. The summed E-state index contributed by atoms with van der Waals surface area (Å²) in [5, 5.41) is 6.78. The van der Waals surface area contributed by atoms with Crippen molar-refractivity contribution in [2.24, 2.45) is 5.92 Å². The van der Waals surface area contributed by atoms with E-state index >= 15 is 0 Å². The Balaban J connectivity index is 1.41. The van der Waals surface area contributed by atoms with Crippen LogP contribution in [0.5, 0.6) is 0 Å². The Labute approximate surface area is 176 Å². The van der Waals surface area contributed by atoms with Crippen LogP contribution in [0.2, 0.25) is 5.02 Å². The number of halogens is 1. The largest absolute Gasteiger partial charge is 0.378 e. The molecule has 7 heteroatoms. The Morgan fingerprint density at radius 3 is 2.66 bits per heavy atom. The molecular formula is C22H27ClN4O2. The van der Waals surface area contributed by atoms with Crippen LogP contribution in [0.3, 0.4) is 0 Å². The van der Waals surface area contributed by atoms with Crippen molar-refractivity contribution in [2.75, 3.05) is 36.5 Å². The number of carbonyl (C=O) groups excluding carboxylic acids is 1. The highest BCUT2D eigenvalue weighted by Crippen LogP contribution is 2.36. The number of hydrogen-bond donors (Lipinski definition) is 2. The van der Waals surface area contributed by atoms with Crippen LogP contribution in [0.15, 0.2) is 42.6 Å². The van der Waals surface area contributed by atoms with Gasteiger partial charge in [0, 0.05) is 18.1 Å². The predicted octanol–water partition coefficient (Wildman–Crippen LogP) is 4.62. The van der Waals surface area contributed by atoms with Gasteiger partial charge >= 0.3 is 6.03 Å². The highest BCUT2D eigenvalue weighted by atomic mass is 35.5. The second kappa shape index (κ2) is 9.46. The first-order valence-electron chi connectivity index (χ1n) is 10.3. The van der Waals surface area contributed by atoms with Crippen LogP contribution in [0.4, 0.5) is 16.3 Å². The molecule has 6 nitrogen and oxygen atoms in total. The lowest BCUT2D eigenvalue weighted by atomic mass is 9.92. The van der Waals surface area contributed by atoms with E-state index in [0.717, 1.165) is 50.5 Å². The fraction of sp³-hybridized carbons (Fsp3) is 0.455. The van der Waals surface area contributed by atoms with Crippen molar-refractivity contribution in [1.29, 1.82) is 0 Å². The third-order valence-electron chi connectivity index (χ3n) is 5.71. The minimum atomic E-state index is -0.220. The van der Waals surface area contributed by atoms with Crippen LogP contribution in [0.1, 0.15) is 37.3 Å². The molecule has 1 aromatic carbocycles. The molecule has 2 fully saturated rings. The lowest BCUT2D eigenvalue weighted by Gasteiger charge is -2.28. The highest BCUT2D eigenvalue weighted by Gasteiger charge is 2.28. The van der Waals surface area contributed by atoms with Crippen LogP contribution >= 0.6 is 11.6 Å². The summed E-state index contributed by atoms with van der Waals surface area (Å²) in [7, 11) is 0. The van der Waals surface area contributed by atoms with E-state index < -0.39 is 0 Å². The monoisotopic (exact) mass is 414 g/mol. The van der Waals surface area contributed by atoms with E-state index in [-0.39, 0.29) is 12.1 Å². The van der Waals surface area contributed by atoms with Crippen molar-refractivity contribution < 1.29 is 9.53 Å². The molecule has 0 spiro atoms. The zero-order chi connectivity index (χ0) is 20.1. The van der Waals surface area contributed by atoms with Gasteiger partial charge in [-0.05, 0) is 48.6 Å². The first-order valence-corrected chi connectivity index (χ1v) is 10.7. The van der Waals surface area contributed by atoms with E-state index in [4.69, 9.17) is 16.3 Å².